The molecule has 0 aliphatic carbocycles. The maximum atomic E-state index is 9.75. The second-order valence-corrected chi connectivity index (χ2v) is 9.48. The molecule has 228 valence electrons. The molecule has 3 aromatic carbocycles. The van der Waals surface area contributed by atoms with Gasteiger partial charge in [-0.2, -0.15) is 4.57 Å². The molecule has 0 amide bonds. The highest BCUT2D eigenvalue weighted by molar-refractivity contribution is 6.50. The molecule has 0 aliphatic heterocycles. The Labute approximate surface area is 250 Å². The van der Waals surface area contributed by atoms with Crippen molar-refractivity contribution >= 4 is 26.7 Å². The zero-order valence-electron chi connectivity index (χ0n) is 23.6. The van der Waals surface area contributed by atoms with Crippen LogP contribution in [0.1, 0.15) is 16.8 Å². The lowest BCUT2D eigenvalue weighted by molar-refractivity contribution is -0.679. The second-order valence-electron chi connectivity index (χ2n) is 9.48. The normalized spacial score (nSPS) is 11.3. The van der Waals surface area contributed by atoms with E-state index in [1.807, 2.05) is 7.05 Å². The third kappa shape index (κ3) is 12.6. The van der Waals surface area contributed by atoms with Crippen molar-refractivity contribution < 1.29 is 43.7 Å². The number of nitrogens with zero attached hydrogens (tertiary/aromatic N) is 2. The highest BCUT2D eigenvalue weighted by atomic mass is 19.5. The van der Waals surface area contributed by atoms with E-state index in [9.17, 15) is 34.5 Å². The molecule has 5 aromatic rings. The van der Waals surface area contributed by atoms with Gasteiger partial charge in [0.15, 0.2) is 18.9 Å². The van der Waals surface area contributed by atoms with Crippen molar-refractivity contribution in [3.05, 3.63) is 144 Å². The standard InChI is InChI=1S/C32H28N2.2BF4/c1-33-21-19-26(20-22-33)17-18-31-23-30(28-13-7-3-8-14-28)24-32(29-15-9-4-10-16-29)34(31)25-27-11-5-2-6-12-27;2*2-1(3,4)5/h2-24H,25H2,1H3;;/q+2;2*-1/b18-17+;;. The molecule has 5 rings (SSSR count). The summed E-state index contributed by atoms with van der Waals surface area (Å²) in [5, 5.41) is 0. The van der Waals surface area contributed by atoms with Crippen LogP contribution >= 0.6 is 0 Å². The van der Waals surface area contributed by atoms with Gasteiger partial charge in [0.25, 0.3) is 0 Å². The molecule has 0 fully saturated rings. The van der Waals surface area contributed by atoms with Crippen LogP contribution in [0.5, 0.6) is 0 Å². The van der Waals surface area contributed by atoms with Crippen LogP contribution in [0, 0.1) is 0 Å². The van der Waals surface area contributed by atoms with Crippen LogP contribution in [0.3, 0.4) is 0 Å². The maximum Gasteiger partial charge on any atom is 0.673 e. The summed E-state index contributed by atoms with van der Waals surface area (Å²) in [4.78, 5) is 0. The molecule has 0 saturated carbocycles. The Balaban J connectivity index is 0.000000461. The summed E-state index contributed by atoms with van der Waals surface area (Å²) in [5.74, 6) is 0. The average molecular weight is 614 g/mol. The van der Waals surface area contributed by atoms with Crippen LogP contribution in [-0.4, -0.2) is 14.5 Å². The van der Waals surface area contributed by atoms with E-state index in [1.165, 1.54) is 33.5 Å². The van der Waals surface area contributed by atoms with Gasteiger partial charge in [-0.05, 0) is 34.9 Å². The monoisotopic (exact) mass is 614 g/mol. The third-order valence-corrected chi connectivity index (χ3v) is 6.01. The molecule has 2 aromatic heterocycles. The Kier molecular flexibility index (Phi) is 12.0. The van der Waals surface area contributed by atoms with Crippen LogP contribution in [0.4, 0.5) is 34.5 Å². The van der Waals surface area contributed by atoms with E-state index >= 15 is 0 Å². The number of rotatable bonds is 6. The summed E-state index contributed by atoms with van der Waals surface area (Å²) in [5.41, 5.74) is 8.45. The minimum Gasteiger partial charge on any atom is -0.418 e. The van der Waals surface area contributed by atoms with Crippen molar-refractivity contribution in [1.29, 1.82) is 0 Å². The highest BCUT2D eigenvalue weighted by Gasteiger charge is 2.22. The summed E-state index contributed by atoms with van der Waals surface area (Å²) in [6.07, 6.45) is 8.58. The predicted octanol–water partition coefficient (Wildman–Crippen LogP) is 8.95. The van der Waals surface area contributed by atoms with Crippen molar-refractivity contribution in [3.63, 3.8) is 0 Å². The van der Waals surface area contributed by atoms with Crippen LogP contribution in [0.15, 0.2) is 128 Å². The van der Waals surface area contributed by atoms with Gasteiger partial charge in [-0.25, -0.2) is 4.57 Å². The number of halogens is 8. The first-order chi connectivity index (χ1) is 20.8. The molecule has 0 spiro atoms. The van der Waals surface area contributed by atoms with E-state index in [0.717, 1.165) is 12.2 Å². The number of aromatic nitrogens is 2. The molecule has 2 heterocycles. The third-order valence-electron chi connectivity index (χ3n) is 6.01. The molecule has 0 saturated heterocycles. The molecule has 0 atom stereocenters. The van der Waals surface area contributed by atoms with E-state index in [0.29, 0.717) is 0 Å². The van der Waals surface area contributed by atoms with E-state index in [1.54, 1.807) is 0 Å². The van der Waals surface area contributed by atoms with Crippen LogP contribution in [-0.2, 0) is 13.6 Å². The average Bonchev–Trinajstić information content (AvgIpc) is 2.97. The number of hydrogen-bond acceptors (Lipinski definition) is 0. The summed E-state index contributed by atoms with van der Waals surface area (Å²) < 4.78 is 82.5. The van der Waals surface area contributed by atoms with Crippen molar-refractivity contribution in [3.8, 4) is 22.4 Å². The Bertz CT molecular complexity index is 1590. The molecule has 0 radical (unpaired) electrons. The van der Waals surface area contributed by atoms with E-state index in [2.05, 4.69) is 149 Å². The summed E-state index contributed by atoms with van der Waals surface area (Å²) in [6.45, 7) is 0.795. The zero-order valence-corrected chi connectivity index (χ0v) is 23.6. The fourth-order valence-corrected chi connectivity index (χ4v) is 4.17. The molecular formula is C32H28B2F8N2. The van der Waals surface area contributed by atoms with Gasteiger partial charge in [-0.15, -0.1) is 0 Å². The fourth-order valence-electron chi connectivity index (χ4n) is 4.17. The largest absolute Gasteiger partial charge is 0.673 e. The maximum absolute atomic E-state index is 9.75. The number of benzene rings is 3. The molecule has 2 nitrogen and oxygen atoms in total. The molecule has 0 N–H and O–H groups in total. The highest BCUT2D eigenvalue weighted by Crippen LogP contribution is 2.26. The summed E-state index contributed by atoms with van der Waals surface area (Å²) in [7, 11) is -9.96. The van der Waals surface area contributed by atoms with Gasteiger partial charge in [0.1, 0.15) is 7.05 Å². The Morgan fingerprint density at radius 2 is 1.00 bits per heavy atom. The lowest BCUT2D eigenvalue weighted by Crippen LogP contribution is -2.40. The van der Waals surface area contributed by atoms with Crippen LogP contribution in [0.25, 0.3) is 34.5 Å². The van der Waals surface area contributed by atoms with Gasteiger partial charge in [-0.1, -0.05) is 78.9 Å². The van der Waals surface area contributed by atoms with Gasteiger partial charge >= 0.3 is 14.5 Å². The van der Waals surface area contributed by atoms with Crippen molar-refractivity contribution in [1.82, 2.24) is 0 Å². The van der Waals surface area contributed by atoms with Crippen LogP contribution < -0.4 is 9.13 Å². The number of aryl methyl sites for hydroxylation is 1. The summed E-state index contributed by atoms with van der Waals surface area (Å²) in [6, 6.07) is 40.8. The Hall–Kier alpha value is -4.73. The lowest BCUT2D eigenvalue weighted by atomic mass is 10.0. The molecule has 0 bridgehead atoms. The van der Waals surface area contributed by atoms with Gasteiger partial charge in [0, 0.05) is 41.5 Å². The summed E-state index contributed by atoms with van der Waals surface area (Å²) >= 11 is 0. The van der Waals surface area contributed by atoms with E-state index in [4.69, 9.17) is 0 Å². The first-order valence-electron chi connectivity index (χ1n) is 13.4. The number of pyridine rings is 2. The van der Waals surface area contributed by atoms with E-state index < -0.39 is 14.5 Å². The quantitative estimate of drug-likeness (QED) is 0.103. The molecule has 0 unspecified atom stereocenters. The van der Waals surface area contributed by atoms with Crippen molar-refractivity contribution in [2.75, 3.05) is 0 Å². The first kappa shape index (κ1) is 33.8. The molecular weight excluding hydrogens is 586 g/mol. The van der Waals surface area contributed by atoms with Crippen molar-refractivity contribution in [2.45, 2.75) is 6.54 Å². The lowest BCUT2D eigenvalue weighted by Gasteiger charge is -2.11. The SMILES string of the molecule is C[n+]1ccc(/C=C/c2cc(-c3ccccc3)cc(-c3ccccc3)[n+]2Cc2ccccc2)cc1.F[B-](F)(F)F.F[B-](F)(F)F. The zero-order chi connectivity index (χ0) is 32.2. The topological polar surface area (TPSA) is 7.76 Å². The van der Waals surface area contributed by atoms with Crippen molar-refractivity contribution in [2.24, 2.45) is 7.05 Å². The fraction of sp³-hybridized carbons (Fsp3) is 0.0625. The van der Waals surface area contributed by atoms with Crippen LogP contribution in [0.2, 0.25) is 0 Å². The smallest absolute Gasteiger partial charge is 0.418 e. The Morgan fingerprint density at radius 3 is 1.50 bits per heavy atom. The van der Waals surface area contributed by atoms with Gasteiger partial charge in [0.2, 0.25) is 11.4 Å². The van der Waals surface area contributed by atoms with Gasteiger partial charge < -0.3 is 34.5 Å². The Morgan fingerprint density at radius 1 is 0.545 bits per heavy atom. The van der Waals surface area contributed by atoms with Gasteiger partial charge in [-0.3, -0.25) is 0 Å². The second kappa shape index (κ2) is 15.7. The minimum atomic E-state index is -6.00. The minimum absolute atomic E-state index is 0.795. The molecule has 0 aliphatic rings. The van der Waals surface area contributed by atoms with Gasteiger partial charge in [0.05, 0.1) is 0 Å². The molecule has 44 heavy (non-hydrogen) atoms. The molecule has 12 heteroatoms. The predicted molar refractivity (Wildman–Crippen MR) is 160 cm³/mol. The number of hydrogen-bond donors (Lipinski definition) is 0. The van der Waals surface area contributed by atoms with E-state index in [-0.39, 0.29) is 0 Å². The first-order valence-corrected chi connectivity index (χ1v) is 13.4.